The van der Waals surface area contributed by atoms with Crippen molar-refractivity contribution < 1.29 is 9.53 Å². The van der Waals surface area contributed by atoms with Gasteiger partial charge in [0.25, 0.3) is 0 Å². The molecule has 1 aliphatic rings. The zero-order valence-corrected chi connectivity index (χ0v) is 12.7. The van der Waals surface area contributed by atoms with Gasteiger partial charge in [-0.3, -0.25) is 10.1 Å². The van der Waals surface area contributed by atoms with E-state index in [-0.39, 0.29) is 5.91 Å². The van der Waals surface area contributed by atoms with Crippen LogP contribution in [0.4, 0.5) is 0 Å². The number of fused-ring (bicyclic) bond motifs is 1. The Labute approximate surface area is 120 Å². The van der Waals surface area contributed by atoms with E-state index in [0.717, 1.165) is 17.9 Å². The third-order valence-corrected chi connectivity index (χ3v) is 3.66. The SMILES string of the molecule is CC(C)CNC1(C(N)=O)CC(C)(C)Oc2ccccc21. The Morgan fingerprint density at radius 3 is 2.65 bits per heavy atom. The van der Waals surface area contributed by atoms with Gasteiger partial charge in [-0.25, -0.2) is 0 Å². The molecule has 0 spiro atoms. The Balaban J connectivity index is 2.51. The molecule has 0 saturated heterocycles. The maximum Gasteiger partial charge on any atom is 0.242 e. The van der Waals surface area contributed by atoms with Crippen LogP contribution in [0.1, 0.15) is 39.7 Å². The van der Waals surface area contributed by atoms with Gasteiger partial charge in [-0.2, -0.15) is 0 Å². The van der Waals surface area contributed by atoms with Crippen LogP contribution >= 0.6 is 0 Å². The molecule has 0 aliphatic carbocycles. The maximum atomic E-state index is 12.2. The van der Waals surface area contributed by atoms with Crippen LogP contribution in [-0.2, 0) is 10.3 Å². The molecule has 0 bridgehead atoms. The third kappa shape index (κ3) is 2.66. The average molecular weight is 276 g/mol. The Bertz CT molecular complexity index is 511. The number of nitrogens with two attached hydrogens (primary N) is 1. The van der Waals surface area contributed by atoms with Crippen molar-refractivity contribution in [2.45, 2.75) is 45.3 Å². The van der Waals surface area contributed by atoms with Gasteiger partial charge in [-0.1, -0.05) is 32.0 Å². The van der Waals surface area contributed by atoms with Crippen molar-refractivity contribution >= 4 is 5.91 Å². The molecule has 1 aromatic carbocycles. The molecule has 0 saturated carbocycles. The standard InChI is InChI=1S/C16H24N2O2/c1-11(2)9-18-16(14(17)19)10-15(3,4)20-13-8-6-5-7-12(13)16/h5-8,11,18H,9-10H2,1-4H3,(H2,17,19). The van der Waals surface area contributed by atoms with Gasteiger partial charge in [-0.15, -0.1) is 0 Å². The molecule has 0 radical (unpaired) electrons. The van der Waals surface area contributed by atoms with Gasteiger partial charge in [0.15, 0.2) is 0 Å². The highest BCUT2D eigenvalue weighted by atomic mass is 16.5. The van der Waals surface area contributed by atoms with Crippen molar-refractivity contribution in [3.8, 4) is 5.75 Å². The monoisotopic (exact) mass is 276 g/mol. The number of benzene rings is 1. The summed E-state index contributed by atoms with van der Waals surface area (Å²) >= 11 is 0. The van der Waals surface area contributed by atoms with Crippen LogP contribution in [-0.4, -0.2) is 18.1 Å². The van der Waals surface area contributed by atoms with Gasteiger partial charge in [0.05, 0.1) is 0 Å². The molecule has 1 amide bonds. The molecule has 4 heteroatoms. The molecule has 1 heterocycles. The molecule has 1 aliphatic heterocycles. The summed E-state index contributed by atoms with van der Waals surface area (Å²) in [5.74, 6) is 0.824. The number of hydrogen-bond acceptors (Lipinski definition) is 3. The molecule has 4 nitrogen and oxygen atoms in total. The second kappa shape index (κ2) is 5.09. The topological polar surface area (TPSA) is 64.3 Å². The largest absolute Gasteiger partial charge is 0.487 e. The Morgan fingerprint density at radius 2 is 2.05 bits per heavy atom. The summed E-state index contributed by atoms with van der Waals surface area (Å²) in [6.45, 7) is 8.92. The van der Waals surface area contributed by atoms with Gasteiger partial charge >= 0.3 is 0 Å². The van der Waals surface area contributed by atoms with Gasteiger partial charge in [0, 0.05) is 12.0 Å². The molecule has 3 N–H and O–H groups in total. The van der Waals surface area contributed by atoms with Crippen LogP contribution < -0.4 is 15.8 Å². The third-order valence-electron chi connectivity index (χ3n) is 3.66. The smallest absolute Gasteiger partial charge is 0.242 e. The number of rotatable bonds is 4. The molecule has 110 valence electrons. The van der Waals surface area contributed by atoms with Crippen molar-refractivity contribution in [3.63, 3.8) is 0 Å². The van der Waals surface area contributed by atoms with Crippen molar-refractivity contribution in [2.24, 2.45) is 11.7 Å². The fraction of sp³-hybridized carbons (Fsp3) is 0.562. The minimum Gasteiger partial charge on any atom is -0.487 e. The average Bonchev–Trinajstić information content (AvgIpc) is 2.34. The summed E-state index contributed by atoms with van der Waals surface area (Å²) in [6.07, 6.45) is 0.527. The summed E-state index contributed by atoms with van der Waals surface area (Å²) < 4.78 is 5.98. The van der Waals surface area contributed by atoms with Crippen LogP contribution in [0.5, 0.6) is 5.75 Å². The van der Waals surface area contributed by atoms with Gasteiger partial charge in [-0.05, 0) is 32.4 Å². The summed E-state index contributed by atoms with van der Waals surface area (Å²) in [5.41, 5.74) is 5.31. The van der Waals surface area contributed by atoms with Crippen LogP contribution in [0, 0.1) is 5.92 Å². The lowest BCUT2D eigenvalue weighted by atomic mass is 9.76. The van der Waals surface area contributed by atoms with E-state index in [9.17, 15) is 4.79 Å². The number of carbonyl (C=O) groups is 1. The quantitative estimate of drug-likeness (QED) is 0.886. The first-order valence-electron chi connectivity index (χ1n) is 7.10. The van der Waals surface area contributed by atoms with E-state index in [4.69, 9.17) is 10.5 Å². The van der Waals surface area contributed by atoms with Crippen LogP contribution in [0.15, 0.2) is 24.3 Å². The molecule has 20 heavy (non-hydrogen) atoms. The fourth-order valence-corrected chi connectivity index (χ4v) is 2.82. The minimum atomic E-state index is -0.859. The van der Waals surface area contributed by atoms with Crippen LogP contribution in [0.25, 0.3) is 0 Å². The molecule has 1 unspecified atom stereocenters. The van der Waals surface area contributed by atoms with E-state index < -0.39 is 11.1 Å². The number of hydrogen-bond donors (Lipinski definition) is 2. The summed E-state index contributed by atoms with van der Waals surface area (Å²) in [6, 6.07) is 7.64. The van der Waals surface area contributed by atoms with E-state index >= 15 is 0 Å². The molecule has 0 aromatic heterocycles. The Kier molecular flexibility index (Phi) is 3.78. The van der Waals surface area contributed by atoms with E-state index in [1.165, 1.54) is 0 Å². The summed E-state index contributed by atoms with van der Waals surface area (Å²) in [5, 5.41) is 3.39. The van der Waals surface area contributed by atoms with Crippen molar-refractivity contribution in [2.75, 3.05) is 6.54 Å². The molecule has 1 atom stereocenters. The van der Waals surface area contributed by atoms with E-state index in [1.807, 2.05) is 38.1 Å². The number of para-hydroxylation sites is 1. The lowest BCUT2D eigenvalue weighted by Crippen LogP contribution is -2.59. The van der Waals surface area contributed by atoms with Gasteiger partial charge in [0.1, 0.15) is 16.9 Å². The highest BCUT2D eigenvalue weighted by Gasteiger charge is 2.49. The first-order chi connectivity index (χ1) is 9.27. The van der Waals surface area contributed by atoms with Gasteiger partial charge in [0.2, 0.25) is 5.91 Å². The second-order valence-corrected chi connectivity index (χ2v) is 6.58. The molecular weight excluding hydrogens is 252 g/mol. The summed E-state index contributed by atoms with van der Waals surface area (Å²) in [7, 11) is 0. The second-order valence-electron chi connectivity index (χ2n) is 6.58. The number of primary amides is 1. The predicted molar refractivity (Wildman–Crippen MR) is 79.5 cm³/mol. The normalized spacial score (nSPS) is 24.1. The summed E-state index contributed by atoms with van der Waals surface area (Å²) in [4.78, 5) is 12.2. The van der Waals surface area contributed by atoms with Gasteiger partial charge < -0.3 is 10.5 Å². The number of amides is 1. The van der Waals surface area contributed by atoms with Crippen LogP contribution in [0.3, 0.4) is 0 Å². The van der Waals surface area contributed by atoms with Crippen molar-refractivity contribution in [3.05, 3.63) is 29.8 Å². The predicted octanol–water partition coefficient (Wildman–Crippen LogP) is 2.17. The fourth-order valence-electron chi connectivity index (χ4n) is 2.82. The zero-order valence-electron chi connectivity index (χ0n) is 12.7. The Hall–Kier alpha value is -1.55. The molecular formula is C16H24N2O2. The number of ether oxygens (including phenoxy) is 1. The van der Waals surface area contributed by atoms with E-state index in [2.05, 4.69) is 19.2 Å². The minimum absolute atomic E-state index is 0.345. The maximum absolute atomic E-state index is 12.2. The lowest BCUT2D eigenvalue weighted by Gasteiger charge is -2.45. The first kappa shape index (κ1) is 14.9. The first-order valence-corrected chi connectivity index (χ1v) is 7.10. The number of carbonyl (C=O) groups excluding carboxylic acids is 1. The van der Waals surface area contributed by atoms with Crippen LogP contribution in [0.2, 0.25) is 0 Å². The highest BCUT2D eigenvalue weighted by Crippen LogP contribution is 2.43. The van der Waals surface area contributed by atoms with Crippen molar-refractivity contribution in [1.29, 1.82) is 0 Å². The molecule has 1 aromatic rings. The number of nitrogens with one attached hydrogen (secondary N) is 1. The lowest BCUT2D eigenvalue weighted by molar-refractivity contribution is -0.128. The highest BCUT2D eigenvalue weighted by molar-refractivity contribution is 5.87. The zero-order chi connectivity index (χ0) is 15.0. The Morgan fingerprint density at radius 1 is 1.40 bits per heavy atom. The molecule has 2 rings (SSSR count). The van der Waals surface area contributed by atoms with E-state index in [0.29, 0.717) is 12.3 Å². The molecule has 0 fully saturated rings. The van der Waals surface area contributed by atoms with E-state index in [1.54, 1.807) is 0 Å². The van der Waals surface area contributed by atoms with Crippen molar-refractivity contribution in [1.82, 2.24) is 5.32 Å².